The molecule has 0 aliphatic heterocycles. The fourth-order valence-electron chi connectivity index (χ4n) is 2.57. The Balaban J connectivity index is 2.18. The van der Waals surface area contributed by atoms with Gasteiger partial charge in [-0.15, -0.1) is 0 Å². The molecule has 0 amide bonds. The average Bonchev–Trinajstić information content (AvgIpc) is 2.60. The Labute approximate surface area is 130 Å². The molecular weight excluding hydrogens is 272 g/mol. The molecule has 0 aliphatic rings. The van der Waals surface area contributed by atoms with E-state index in [-0.39, 0.29) is 0 Å². The second-order valence-electron chi connectivity index (χ2n) is 5.12. The van der Waals surface area contributed by atoms with Crippen LogP contribution in [0.2, 0.25) is 0 Å². The number of aromatic nitrogens is 1. The largest absolute Gasteiger partial charge is 0.388 e. The van der Waals surface area contributed by atoms with Crippen LogP contribution in [0.5, 0.6) is 0 Å². The molecule has 1 aromatic heterocycles. The molecule has 4 heteroatoms. The van der Waals surface area contributed by atoms with Crippen LogP contribution < -0.4 is 16.0 Å². The first-order valence-corrected chi connectivity index (χ1v) is 7.33. The van der Waals surface area contributed by atoms with Crippen LogP contribution in [-0.2, 0) is 0 Å². The molecule has 0 radical (unpaired) electrons. The van der Waals surface area contributed by atoms with Crippen molar-refractivity contribution in [2.24, 2.45) is 0 Å². The second kappa shape index (κ2) is 5.93. The third-order valence-corrected chi connectivity index (χ3v) is 3.81. The normalized spacial score (nSPS) is 10.5. The molecule has 0 saturated carbocycles. The number of fused-ring (bicyclic) bond motifs is 1. The summed E-state index contributed by atoms with van der Waals surface area (Å²) in [6, 6.07) is 16.6. The monoisotopic (exact) mass is 292 g/mol. The average molecular weight is 292 g/mol. The van der Waals surface area contributed by atoms with Crippen molar-refractivity contribution in [1.29, 1.82) is 0 Å². The summed E-state index contributed by atoms with van der Waals surface area (Å²) < 4.78 is 0. The zero-order chi connectivity index (χ0) is 15.5. The van der Waals surface area contributed by atoms with Crippen LogP contribution in [0.25, 0.3) is 22.2 Å². The Hall–Kier alpha value is -2.75. The molecule has 0 fully saturated rings. The third kappa shape index (κ3) is 2.55. The number of rotatable bonds is 4. The predicted octanol–water partition coefficient (Wildman–Crippen LogP) is 4.03. The Morgan fingerprint density at radius 1 is 0.773 bits per heavy atom. The molecule has 3 N–H and O–H groups in total. The molecule has 112 valence electrons. The van der Waals surface area contributed by atoms with Crippen LogP contribution >= 0.6 is 0 Å². The van der Waals surface area contributed by atoms with Gasteiger partial charge in [0, 0.05) is 49.2 Å². The van der Waals surface area contributed by atoms with Crippen molar-refractivity contribution in [3.05, 3.63) is 48.5 Å². The number of nitrogens with one attached hydrogen (secondary N) is 3. The van der Waals surface area contributed by atoms with Crippen LogP contribution in [0.3, 0.4) is 0 Å². The van der Waals surface area contributed by atoms with Gasteiger partial charge in [-0.2, -0.15) is 0 Å². The lowest BCUT2D eigenvalue weighted by molar-refractivity contribution is 1.38. The van der Waals surface area contributed by atoms with Gasteiger partial charge in [0.1, 0.15) is 0 Å². The standard InChI is InChI=1S/C18H20N4/c1-19-13-6-4-5-12(9-13)17-11-18(21-3)15-10-14(20-2)7-8-16(15)22-17/h4-11,19-20H,1-3H3,(H,21,22). The van der Waals surface area contributed by atoms with Gasteiger partial charge >= 0.3 is 0 Å². The van der Waals surface area contributed by atoms with Gasteiger partial charge in [-0.1, -0.05) is 12.1 Å². The van der Waals surface area contributed by atoms with Gasteiger partial charge in [0.25, 0.3) is 0 Å². The van der Waals surface area contributed by atoms with Crippen LogP contribution in [-0.4, -0.2) is 26.1 Å². The van der Waals surface area contributed by atoms with E-state index < -0.39 is 0 Å². The van der Waals surface area contributed by atoms with Gasteiger partial charge in [0.15, 0.2) is 0 Å². The zero-order valence-electron chi connectivity index (χ0n) is 13.1. The molecule has 0 spiro atoms. The van der Waals surface area contributed by atoms with E-state index in [4.69, 9.17) is 4.98 Å². The number of anilines is 3. The minimum atomic E-state index is 0.964. The lowest BCUT2D eigenvalue weighted by atomic mass is 10.1. The van der Waals surface area contributed by atoms with Crippen LogP contribution in [0.15, 0.2) is 48.5 Å². The van der Waals surface area contributed by atoms with E-state index >= 15 is 0 Å². The first-order chi connectivity index (χ1) is 10.7. The van der Waals surface area contributed by atoms with Crippen molar-refractivity contribution >= 4 is 28.0 Å². The maximum Gasteiger partial charge on any atom is 0.0731 e. The molecule has 3 rings (SSSR count). The summed E-state index contributed by atoms with van der Waals surface area (Å²) in [6.45, 7) is 0. The Kier molecular flexibility index (Phi) is 3.83. The van der Waals surface area contributed by atoms with Gasteiger partial charge in [0.05, 0.1) is 11.2 Å². The molecule has 0 unspecified atom stereocenters. The van der Waals surface area contributed by atoms with Gasteiger partial charge in [-0.25, -0.2) is 4.98 Å². The number of hydrogen-bond acceptors (Lipinski definition) is 4. The number of benzene rings is 2. The van der Waals surface area contributed by atoms with Crippen molar-refractivity contribution in [3.63, 3.8) is 0 Å². The summed E-state index contributed by atoms with van der Waals surface area (Å²) in [5.74, 6) is 0. The summed E-state index contributed by atoms with van der Waals surface area (Å²) >= 11 is 0. The van der Waals surface area contributed by atoms with Crippen LogP contribution in [0.4, 0.5) is 17.1 Å². The Bertz CT molecular complexity index is 811. The van der Waals surface area contributed by atoms with Gasteiger partial charge in [-0.05, 0) is 36.4 Å². The first kappa shape index (κ1) is 14.2. The van der Waals surface area contributed by atoms with E-state index in [2.05, 4.69) is 40.2 Å². The molecular formula is C18H20N4. The first-order valence-electron chi connectivity index (χ1n) is 7.33. The lowest BCUT2D eigenvalue weighted by Crippen LogP contribution is -1.96. The van der Waals surface area contributed by atoms with E-state index in [0.717, 1.165) is 39.2 Å². The van der Waals surface area contributed by atoms with Crippen LogP contribution in [0.1, 0.15) is 0 Å². The molecule has 22 heavy (non-hydrogen) atoms. The molecule has 1 heterocycles. The van der Waals surface area contributed by atoms with Crippen molar-refractivity contribution in [3.8, 4) is 11.3 Å². The fourth-order valence-corrected chi connectivity index (χ4v) is 2.57. The second-order valence-corrected chi connectivity index (χ2v) is 5.12. The molecule has 0 saturated heterocycles. The quantitative estimate of drug-likeness (QED) is 0.679. The van der Waals surface area contributed by atoms with Gasteiger partial charge in [-0.3, -0.25) is 0 Å². The van der Waals surface area contributed by atoms with Crippen molar-refractivity contribution < 1.29 is 0 Å². The Morgan fingerprint density at radius 3 is 2.27 bits per heavy atom. The highest BCUT2D eigenvalue weighted by Gasteiger charge is 2.08. The number of nitrogens with zero attached hydrogens (tertiary/aromatic N) is 1. The van der Waals surface area contributed by atoms with Gasteiger partial charge < -0.3 is 16.0 Å². The number of pyridine rings is 1. The highest BCUT2D eigenvalue weighted by molar-refractivity contribution is 5.95. The predicted molar refractivity (Wildman–Crippen MR) is 95.8 cm³/mol. The molecule has 4 nitrogen and oxygen atoms in total. The number of hydrogen-bond donors (Lipinski definition) is 3. The van der Waals surface area contributed by atoms with E-state index in [0.29, 0.717) is 0 Å². The third-order valence-electron chi connectivity index (χ3n) is 3.81. The summed E-state index contributed by atoms with van der Waals surface area (Å²) in [6.07, 6.45) is 0. The highest BCUT2D eigenvalue weighted by atomic mass is 14.9. The Morgan fingerprint density at radius 2 is 1.55 bits per heavy atom. The maximum atomic E-state index is 4.81. The van der Waals surface area contributed by atoms with Crippen molar-refractivity contribution in [2.45, 2.75) is 0 Å². The smallest absolute Gasteiger partial charge is 0.0731 e. The molecule has 0 aliphatic carbocycles. The maximum absolute atomic E-state index is 4.81. The zero-order valence-corrected chi connectivity index (χ0v) is 13.1. The molecule has 0 bridgehead atoms. The lowest BCUT2D eigenvalue weighted by Gasteiger charge is -2.11. The van der Waals surface area contributed by atoms with E-state index in [1.807, 2.05) is 45.4 Å². The van der Waals surface area contributed by atoms with E-state index in [1.54, 1.807) is 0 Å². The topological polar surface area (TPSA) is 49.0 Å². The molecule has 3 aromatic rings. The molecule has 2 aromatic carbocycles. The summed E-state index contributed by atoms with van der Waals surface area (Å²) in [7, 11) is 5.78. The summed E-state index contributed by atoms with van der Waals surface area (Å²) in [5, 5.41) is 10.7. The van der Waals surface area contributed by atoms with E-state index in [1.165, 1.54) is 0 Å². The van der Waals surface area contributed by atoms with Crippen LogP contribution in [0, 0.1) is 0 Å². The fraction of sp³-hybridized carbons (Fsp3) is 0.167. The molecule has 0 atom stereocenters. The minimum absolute atomic E-state index is 0.964. The SMILES string of the molecule is CNc1cccc(-c2cc(NC)c3cc(NC)ccc3n2)c1. The van der Waals surface area contributed by atoms with Crippen molar-refractivity contribution in [1.82, 2.24) is 4.98 Å². The van der Waals surface area contributed by atoms with Crippen molar-refractivity contribution in [2.75, 3.05) is 37.1 Å². The van der Waals surface area contributed by atoms with Gasteiger partial charge in [0.2, 0.25) is 0 Å². The van der Waals surface area contributed by atoms with E-state index in [9.17, 15) is 0 Å². The minimum Gasteiger partial charge on any atom is -0.388 e. The summed E-state index contributed by atoms with van der Waals surface area (Å²) in [4.78, 5) is 4.81. The summed E-state index contributed by atoms with van der Waals surface area (Å²) in [5.41, 5.74) is 6.28. The highest BCUT2D eigenvalue weighted by Crippen LogP contribution is 2.30.